The minimum atomic E-state index is -0.866. The Bertz CT molecular complexity index is 661. The Labute approximate surface area is 123 Å². The fourth-order valence-electron chi connectivity index (χ4n) is 2.50. The van der Waals surface area contributed by atoms with E-state index in [2.05, 4.69) is 5.32 Å². The van der Waals surface area contributed by atoms with Crippen LogP contribution in [-0.4, -0.2) is 28.1 Å². The van der Waals surface area contributed by atoms with E-state index in [-0.39, 0.29) is 12.5 Å². The first-order valence-corrected chi connectivity index (χ1v) is 7.09. The Balaban J connectivity index is 2.14. The van der Waals surface area contributed by atoms with Crippen LogP contribution in [0.3, 0.4) is 0 Å². The maximum Gasteiger partial charge on any atom is 0.308 e. The summed E-state index contributed by atoms with van der Waals surface area (Å²) in [4.78, 5) is 23.4. The van der Waals surface area contributed by atoms with E-state index >= 15 is 0 Å². The molecule has 0 fully saturated rings. The molecule has 0 aliphatic heterocycles. The highest BCUT2D eigenvalue weighted by Gasteiger charge is 2.19. The molecule has 21 heavy (non-hydrogen) atoms. The van der Waals surface area contributed by atoms with E-state index in [0.29, 0.717) is 12.0 Å². The van der Waals surface area contributed by atoms with Crippen molar-refractivity contribution in [3.63, 3.8) is 0 Å². The van der Waals surface area contributed by atoms with Gasteiger partial charge in [-0.05, 0) is 12.5 Å². The number of aromatic nitrogens is 1. The standard InChI is InChI=1S/C16H20N2O3/c1-3-6-11(16(20)21)9-17-15(19)13-10-18(2)14-8-5-4-7-12(13)14/h4-5,7-8,10-11H,3,6,9H2,1-2H3,(H,17,19)(H,20,21). The molecule has 5 nitrogen and oxygen atoms in total. The molecule has 0 aliphatic carbocycles. The number of nitrogens with zero attached hydrogens (tertiary/aromatic N) is 1. The van der Waals surface area contributed by atoms with Crippen LogP contribution in [0.4, 0.5) is 0 Å². The Morgan fingerprint density at radius 1 is 1.33 bits per heavy atom. The fraction of sp³-hybridized carbons (Fsp3) is 0.375. The first-order valence-electron chi connectivity index (χ1n) is 7.09. The smallest absolute Gasteiger partial charge is 0.308 e. The van der Waals surface area contributed by atoms with Gasteiger partial charge in [0.05, 0.1) is 11.5 Å². The molecule has 2 aromatic rings. The first kappa shape index (κ1) is 15.1. The number of fused-ring (bicyclic) bond motifs is 1. The summed E-state index contributed by atoms with van der Waals surface area (Å²) in [6.45, 7) is 2.09. The van der Waals surface area contributed by atoms with E-state index in [1.165, 1.54) is 0 Å². The van der Waals surface area contributed by atoms with E-state index in [0.717, 1.165) is 17.3 Å². The van der Waals surface area contributed by atoms with E-state index in [1.807, 2.05) is 42.8 Å². The molecule has 0 radical (unpaired) electrons. The van der Waals surface area contributed by atoms with Gasteiger partial charge in [-0.3, -0.25) is 9.59 Å². The van der Waals surface area contributed by atoms with Crippen LogP contribution in [0.25, 0.3) is 10.9 Å². The number of aliphatic carboxylic acids is 1. The van der Waals surface area contributed by atoms with Gasteiger partial charge >= 0.3 is 5.97 Å². The minimum Gasteiger partial charge on any atom is -0.481 e. The lowest BCUT2D eigenvalue weighted by molar-refractivity contribution is -0.141. The molecule has 5 heteroatoms. The molecule has 1 aromatic heterocycles. The van der Waals surface area contributed by atoms with E-state index in [1.54, 1.807) is 6.20 Å². The number of nitrogens with one attached hydrogen (secondary N) is 1. The second kappa shape index (κ2) is 6.43. The van der Waals surface area contributed by atoms with Crippen molar-refractivity contribution in [1.29, 1.82) is 0 Å². The fourth-order valence-corrected chi connectivity index (χ4v) is 2.50. The van der Waals surface area contributed by atoms with Crippen molar-refractivity contribution in [2.45, 2.75) is 19.8 Å². The molecule has 1 heterocycles. The molecule has 2 rings (SSSR count). The maximum absolute atomic E-state index is 12.3. The van der Waals surface area contributed by atoms with Crippen LogP contribution in [-0.2, 0) is 11.8 Å². The number of carboxylic acid groups (broad SMARTS) is 1. The number of hydrogen-bond acceptors (Lipinski definition) is 2. The Morgan fingerprint density at radius 3 is 2.71 bits per heavy atom. The molecule has 0 saturated heterocycles. The number of aryl methyl sites for hydroxylation is 1. The average molecular weight is 288 g/mol. The largest absolute Gasteiger partial charge is 0.481 e. The monoisotopic (exact) mass is 288 g/mol. The number of para-hydroxylation sites is 1. The molecular weight excluding hydrogens is 268 g/mol. The van der Waals surface area contributed by atoms with Crippen molar-refractivity contribution in [2.24, 2.45) is 13.0 Å². The molecule has 1 atom stereocenters. The van der Waals surface area contributed by atoms with Crippen LogP contribution in [0.1, 0.15) is 30.1 Å². The number of amides is 1. The van der Waals surface area contributed by atoms with Gasteiger partial charge in [0.1, 0.15) is 0 Å². The van der Waals surface area contributed by atoms with Crippen LogP contribution in [0.15, 0.2) is 30.5 Å². The third-order valence-corrected chi connectivity index (χ3v) is 3.64. The Morgan fingerprint density at radius 2 is 2.05 bits per heavy atom. The third-order valence-electron chi connectivity index (χ3n) is 3.64. The lowest BCUT2D eigenvalue weighted by Crippen LogP contribution is -2.32. The maximum atomic E-state index is 12.3. The molecular formula is C16H20N2O3. The van der Waals surface area contributed by atoms with Gasteiger partial charge < -0.3 is 15.0 Å². The SMILES string of the molecule is CCCC(CNC(=O)c1cn(C)c2ccccc12)C(=O)O. The van der Waals surface area contributed by atoms with Gasteiger partial charge in [0, 0.05) is 30.7 Å². The number of carboxylic acids is 1. The molecule has 0 bridgehead atoms. The normalized spacial score (nSPS) is 12.3. The third kappa shape index (κ3) is 3.24. The lowest BCUT2D eigenvalue weighted by Gasteiger charge is -2.12. The predicted octanol–water partition coefficient (Wildman–Crippen LogP) is 2.41. The van der Waals surface area contributed by atoms with Crippen molar-refractivity contribution in [3.8, 4) is 0 Å². The number of carbonyl (C=O) groups excluding carboxylic acids is 1. The molecule has 0 aliphatic rings. The van der Waals surface area contributed by atoms with Crippen LogP contribution < -0.4 is 5.32 Å². The quantitative estimate of drug-likeness (QED) is 0.857. The second-order valence-corrected chi connectivity index (χ2v) is 5.20. The van der Waals surface area contributed by atoms with Gasteiger partial charge in [-0.1, -0.05) is 31.5 Å². The molecule has 0 saturated carbocycles. The Hall–Kier alpha value is -2.30. The van der Waals surface area contributed by atoms with Gasteiger partial charge in [0.25, 0.3) is 5.91 Å². The number of carbonyl (C=O) groups is 2. The molecule has 1 unspecified atom stereocenters. The van der Waals surface area contributed by atoms with Crippen molar-refractivity contribution >= 4 is 22.8 Å². The Kier molecular flexibility index (Phi) is 4.62. The summed E-state index contributed by atoms with van der Waals surface area (Å²) in [6.07, 6.45) is 3.11. The summed E-state index contributed by atoms with van der Waals surface area (Å²) in [5.41, 5.74) is 1.56. The van der Waals surface area contributed by atoms with Gasteiger partial charge in [-0.25, -0.2) is 0 Å². The summed E-state index contributed by atoms with van der Waals surface area (Å²) < 4.78 is 1.89. The number of benzene rings is 1. The minimum absolute atomic E-state index is 0.158. The predicted molar refractivity (Wildman–Crippen MR) is 81.3 cm³/mol. The number of hydrogen-bond donors (Lipinski definition) is 2. The summed E-state index contributed by atoms with van der Waals surface area (Å²) in [5.74, 6) is -1.63. The summed E-state index contributed by atoms with van der Waals surface area (Å²) >= 11 is 0. The summed E-state index contributed by atoms with van der Waals surface area (Å²) in [6, 6.07) is 7.65. The second-order valence-electron chi connectivity index (χ2n) is 5.20. The lowest BCUT2D eigenvalue weighted by atomic mass is 10.0. The van der Waals surface area contributed by atoms with Crippen molar-refractivity contribution in [3.05, 3.63) is 36.0 Å². The topological polar surface area (TPSA) is 71.3 Å². The van der Waals surface area contributed by atoms with E-state index in [4.69, 9.17) is 5.11 Å². The zero-order chi connectivity index (χ0) is 15.4. The van der Waals surface area contributed by atoms with Crippen LogP contribution in [0.2, 0.25) is 0 Å². The highest BCUT2D eigenvalue weighted by Crippen LogP contribution is 2.20. The zero-order valence-corrected chi connectivity index (χ0v) is 12.3. The summed E-state index contributed by atoms with van der Waals surface area (Å²) in [5, 5.41) is 12.7. The zero-order valence-electron chi connectivity index (χ0n) is 12.3. The molecule has 112 valence electrons. The van der Waals surface area contributed by atoms with Crippen molar-refractivity contribution in [1.82, 2.24) is 9.88 Å². The van der Waals surface area contributed by atoms with Crippen LogP contribution in [0, 0.1) is 5.92 Å². The summed E-state index contributed by atoms with van der Waals surface area (Å²) in [7, 11) is 1.89. The highest BCUT2D eigenvalue weighted by molar-refractivity contribution is 6.07. The highest BCUT2D eigenvalue weighted by atomic mass is 16.4. The van der Waals surface area contributed by atoms with Gasteiger partial charge in [0.2, 0.25) is 0 Å². The van der Waals surface area contributed by atoms with Crippen LogP contribution >= 0.6 is 0 Å². The van der Waals surface area contributed by atoms with Gasteiger partial charge in [-0.2, -0.15) is 0 Å². The molecule has 2 N–H and O–H groups in total. The molecule has 1 aromatic carbocycles. The molecule has 1 amide bonds. The molecule has 0 spiro atoms. The van der Waals surface area contributed by atoms with Crippen molar-refractivity contribution in [2.75, 3.05) is 6.54 Å². The van der Waals surface area contributed by atoms with E-state index < -0.39 is 11.9 Å². The van der Waals surface area contributed by atoms with Crippen LogP contribution in [0.5, 0.6) is 0 Å². The first-order chi connectivity index (χ1) is 10.0. The number of rotatable bonds is 6. The average Bonchev–Trinajstić information content (AvgIpc) is 2.81. The van der Waals surface area contributed by atoms with Crippen molar-refractivity contribution < 1.29 is 14.7 Å². The van der Waals surface area contributed by atoms with E-state index in [9.17, 15) is 9.59 Å². The van der Waals surface area contributed by atoms with Gasteiger partial charge in [-0.15, -0.1) is 0 Å². The van der Waals surface area contributed by atoms with Gasteiger partial charge in [0.15, 0.2) is 0 Å².